The summed E-state index contributed by atoms with van der Waals surface area (Å²) >= 11 is 0. The van der Waals surface area contributed by atoms with Gasteiger partial charge in [0, 0.05) is 5.92 Å². The molecule has 1 amide bonds. The molecule has 0 aromatic carbocycles. The molecule has 12 heavy (non-hydrogen) atoms. The summed E-state index contributed by atoms with van der Waals surface area (Å²) in [4.78, 5) is 21.3. The largest absolute Gasteiger partial charge is 0.437 e. The van der Waals surface area contributed by atoms with Gasteiger partial charge in [-0.3, -0.25) is 4.79 Å². The van der Waals surface area contributed by atoms with Crippen molar-refractivity contribution in [2.45, 2.75) is 18.9 Å². The molecule has 0 aromatic heterocycles. The van der Waals surface area contributed by atoms with Crippen molar-refractivity contribution in [1.29, 1.82) is 0 Å². The molecule has 4 heteroatoms. The van der Waals surface area contributed by atoms with Crippen LogP contribution in [0.1, 0.15) is 12.8 Å². The minimum atomic E-state index is -0.949. The lowest BCUT2D eigenvalue weighted by Crippen LogP contribution is -2.30. The normalized spacial score (nSPS) is 17.6. The van der Waals surface area contributed by atoms with E-state index in [1.54, 1.807) is 0 Å². The van der Waals surface area contributed by atoms with Gasteiger partial charge in [-0.05, 0) is 18.8 Å². The third-order valence-corrected chi connectivity index (χ3v) is 1.69. The van der Waals surface area contributed by atoms with E-state index in [4.69, 9.17) is 12.2 Å². The van der Waals surface area contributed by atoms with Crippen molar-refractivity contribution < 1.29 is 14.3 Å². The molecule has 0 aromatic rings. The predicted molar refractivity (Wildman–Crippen MR) is 41.0 cm³/mol. The zero-order valence-corrected chi connectivity index (χ0v) is 6.45. The van der Waals surface area contributed by atoms with Crippen molar-refractivity contribution in [2.75, 3.05) is 0 Å². The lowest BCUT2D eigenvalue weighted by atomic mass is 10.1. The van der Waals surface area contributed by atoms with Crippen LogP contribution in [0.2, 0.25) is 0 Å². The molecule has 0 heterocycles. The number of amides is 1. The molecule has 1 saturated carbocycles. The molecule has 1 atom stereocenters. The van der Waals surface area contributed by atoms with E-state index in [0.717, 1.165) is 12.8 Å². The molecule has 4 nitrogen and oxygen atoms in total. The molecule has 1 rings (SSSR count). The average molecular weight is 167 g/mol. The molecule has 64 valence electrons. The summed E-state index contributed by atoms with van der Waals surface area (Å²) in [6.07, 6.45) is 4.85. The van der Waals surface area contributed by atoms with Crippen molar-refractivity contribution in [2.24, 2.45) is 11.7 Å². The maximum absolute atomic E-state index is 11.0. The van der Waals surface area contributed by atoms with Crippen molar-refractivity contribution in [3.8, 4) is 12.3 Å². The minimum absolute atomic E-state index is 0.0843. The number of carbonyl (C=O) groups is 2. The molecular formula is C8H9NO3. The Morgan fingerprint density at radius 2 is 2.17 bits per heavy atom. The van der Waals surface area contributed by atoms with Crippen LogP contribution in [0.3, 0.4) is 0 Å². The zero-order chi connectivity index (χ0) is 9.14. The number of nitrogens with two attached hydrogens (primary N) is 1. The van der Waals surface area contributed by atoms with Gasteiger partial charge in [-0.25, -0.2) is 4.79 Å². The van der Waals surface area contributed by atoms with Crippen LogP contribution >= 0.6 is 0 Å². The van der Waals surface area contributed by atoms with Crippen LogP contribution in [-0.2, 0) is 9.53 Å². The SMILES string of the molecule is C#CC(=O)C(OC(N)=O)C1CC1. The number of hydrogen-bond acceptors (Lipinski definition) is 3. The predicted octanol–water partition coefficient (Wildman–Crippen LogP) is 0.0626. The summed E-state index contributed by atoms with van der Waals surface area (Å²) in [6.45, 7) is 0. The number of terminal acetylenes is 1. The number of Topliss-reactive ketones (excluding diaryl/α,β-unsaturated/α-hetero) is 1. The molecular weight excluding hydrogens is 158 g/mol. The standard InChI is InChI=1S/C8H9NO3/c1-2-6(10)7(5-3-4-5)12-8(9)11/h1,5,7H,3-4H2,(H2,9,11). The number of ether oxygens (including phenoxy) is 1. The van der Waals surface area contributed by atoms with Gasteiger partial charge in [0.15, 0.2) is 6.10 Å². The van der Waals surface area contributed by atoms with Gasteiger partial charge in [-0.1, -0.05) is 0 Å². The highest BCUT2D eigenvalue weighted by Gasteiger charge is 2.38. The van der Waals surface area contributed by atoms with Crippen molar-refractivity contribution >= 4 is 11.9 Å². The first kappa shape index (κ1) is 8.60. The van der Waals surface area contributed by atoms with Gasteiger partial charge in [0.2, 0.25) is 5.78 Å². The van der Waals surface area contributed by atoms with E-state index in [1.807, 2.05) is 5.92 Å². The van der Waals surface area contributed by atoms with E-state index in [2.05, 4.69) is 4.74 Å². The highest BCUT2D eigenvalue weighted by atomic mass is 16.6. The van der Waals surface area contributed by atoms with Crippen molar-refractivity contribution in [1.82, 2.24) is 0 Å². The second kappa shape index (κ2) is 3.26. The van der Waals surface area contributed by atoms with Crippen LogP contribution < -0.4 is 5.73 Å². The Morgan fingerprint density at radius 3 is 2.50 bits per heavy atom. The number of primary amides is 1. The molecule has 1 aliphatic rings. The third-order valence-electron chi connectivity index (χ3n) is 1.69. The number of carbonyl (C=O) groups excluding carboxylic acids is 2. The molecule has 0 bridgehead atoms. The van der Waals surface area contributed by atoms with E-state index in [1.165, 1.54) is 0 Å². The Bertz CT molecular complexity index is 250. The second-order valence-electron chi connectivity index (χ2n) is 2.70. The molecule has 0 spiro atoms. The van der Waals surface area contributed by atoms with Crippen molar-refractivity contribution in [3.63, 3.8) is 0 Å². The van der Waals surface area contributed by atoms with Crippen LogP contribution in [0.15, 0.2) is 0 Å². The van der Waals surface area contributed by atoms with Crippen LogP contribution in [0, 0.1) is 18.3 Å². The highest BCUT2D eigenvalue weighted by Crippen LogP contribution is 2.34. The number of rotatable bonds is 3. The first-order chi connectivity index (χ1) is 5.65. The summed E-state index contributed by atoms with van der Waals surface area (Å²) in [5.74, 6) is 1.50. The summed E-state index contributed by atoms with van der Waals surface area (Å²) in [7, 11) is 0. The summed E-state index contributed by atoms with van der Waals surface area (Å²) < 4.78 is 4.57. The molecule has 1 unspecified atom stereocenters. The van der Waals surface area contributed by atoms with Crippen LogP contribution in [0.4, 0.5) is 4.79 Å². The molecule has 0 saturated heterocycles. The first-order valence-corrected chi connectivity index (χ1v) is 3.61. The number of ketones is 1. The molecule has 1 aliphatic carbocycles. The van der Waals surface area contributed by atoms with Crippen LogP contribution in [0.5, 0.6) is 0 Å². The summed E-state index contributed by atoms with van der Waals surface area (Å²) in [5, 5.41) is 0. The monoisotopic (exact) mass is 167 g/mol. The van der Waals surface area contributed by atoms with Gasteiger partial charge in [-0.2, -0.15) is 0 Å². The van der Waals surface area contributed by atoms with E-state index in [-0.39, 0.29) is 5.92 Å². The Labute approximate surface area is 70.1 Å². The Hall–Kier alpha value is -1.50. The number of hydrogen-bond donors (Lipinski definition) is 1. The van der Waals surface area contributed by atoms with Crippen molar-refractivity contribution in [3.05, 3.63) is 0 Å². The van der Waals surface area contributed by atoms with E-state index >= 15 is 0 Å². The highest BCUT2D eigenvalue weighted by molar-refractivity contribution is 5.99. The van der Waals surface area contributed by atoms with Gasteiger partial charge in [0.1, 0.15) is 0 Å². The van der Waals surface area contributed by atoms with Gasteiger partial charge in [-0.15, -0.1) is 6.42 Å². The average Bonchev–Trinajstić information content (AvgIpc) is 2.81. The fourth-order valence-corrected chi connectivity index (χ4v) is 0.970. The van der Waals surface area contributed by atoms with Gasteiger partial charge >= 0.3 is 6.09 Å². The Morgan fingerprint density at radius 1 is 1.58 bits per heavy atom. The fraction of sp³-hybridized carbons (Fsp3) is 0.500. The third kappa shape index (κ3) is 1.99. The summed E-state index contributed by atoms with van der Waals surface area (Å²) in [5.41, 5.74) is 4.77. The Balaban J connectivity index is 2.55. The van der Waals surface area contributed by atoms with E-state index in [0.29, 0.717) is 0 Å². The molecule has 1 fully saturated rings. The quantitative estimate of drug-likeness (QED) is 0.477. The molecule has 0 aliphatic heterocycles. The fourth-order valence-electron chi connectivity index (χ4n) is 0.970. The molecule has 0 radical (unpaired) electrons. The van der Waals surface area contributed by atoms with Gasteiger partial charge < -0.3 is 10.5 Å². The van der Waals surface area contributed by atoms with Gasteiger partial charge in [0.25, 0.3) is 0 Å². The molecule has 2 N–H and O–H groups in total. The van der Waals surface area contributed by atoms with E-state index < -0.39 is 18.0 Å². The maximum Gasteiger partial charge on any atom is 0.405 e. The second-order valence-corrected chi connectivity index (χ2v) is 2.70. The van der Waals surface area contributed by atoms with Gasteiger partial charge in [0.05, 0.1) is 0 Å². The topological polar surface area (TPSA) is 69.4 Å². The first-order valence-electron chi connectivity index (χ1n) is 3.61. The zero-order valence-electron chi connectivity index (χ0n) is 6.45. The maximum atomic E-state index is 11.0. The lowest BCUT2D eigenvalue weighted by molar-refractivity contribution is -0.122. The summed E-state index contributed by atoms with van der Waals surface area (Å²) in [6, 6.07) is 0. The minimum Gasteiger partial charge on any atom is -0.437 e. The smallest absolute Gasteiger partial charge is 0.405 e. The lowest BCUT2D eigenvalue weighted by Gasteiger charge is -2.10. The van der Waals surface area contributed by atoms with E-state index in [9.17, 15) is 9.59 Å². The van der Waals surface area contributed by atoms with Crippen LogP contribution in [-0.4, -0.2) is 18.0 Å². The Kier molecular flexibility index (Phi) is 2.34. The van der Waals surface area contributed by atoms with Crippen LogP contribution in [0.25, 0.3) is 0 Å².